The van der Waals surface area contributed by atoms with Crippen molar-refractivity contribution in [1.29, 1.82) is 0 Å². The first-order chi connectivity index (χ1) is 14.9. The average molecular weight is 459 g/mol. The third-order valence-electron chi connectivity index (χ3n) is 5.55. The summed E-state index contributed by atoms with van der Waals surface area (Å²) in [6.07, 6.45) is 6.78. The maximum Gasteiger partial charge on any atom is 0.252 e. The number of carbonyl (C=O) groups is 1. The molecule has 4 rings (SSSR count). The third-order valence-corrected chi connectivity index (χ3v) is 8.88. The van der Waals surface area contributed by atoms with Crippen molar-refractivity contribution in [3.8, 4) is 0 Å². The fraction of sp³-hybridized carbons (Fsp3) is 0.364. The SMILES string of the molecule is Cc1ccc(S(=O)(=O)N2CCCC(C(=O)NCc3ccccc3Cn3ccnc3)C2)s1. The second-order valence-electron chi connectivity index (χ2n) is 7.79. The molecule has 31 heavy (non-hydrogen) atoms. The summed E-state index contributed by atoms with van der Waals surface area (Å²) >= 11 is 1.27. The number of rotatable bonds is 7. The van der Waals surface area contributed by atoms with Gasteiger partial charge in [0.05, 0.1) is 12.2 Å². The number of benzene rings is 1. The summed E-state index contributed by atoms with van der Waals surface area (Å²) in [5, 5.41) is 3.02. The van der Waals surface area contributed by atoms with E-state index in [1.165, 1.54) is 15.6 Å². The largest absolute Gasteiger partial charge is 0.352 e. The van der Waals surface area contributed by atoms with Gasteiger partial charge in [-0.15, -0.1) is 11.3 Å². The lowest BCUT2D eigenvalue weighted by Crippen LogP contribution is -2.45. The number of imidazole rings is 1. The summed E-state index contributed by atoms with van der Waals surface area (Å²) in [5.41, 5.74) is 2.15. The van der Waals surface area contributed by atoms with Gasteiger partial charge in [-0.1, -0.05) is 24.3 Å². The molecule has 0 spiro atoms. The standard InChI is InChI=1S/C22H26N4O3S2/c1-17-8-9-21(30-17)31(28,29)26-11-4-7-20(15-26)22(27)24-13-18-5-2-3-6-19(18)14-25-12-10-23-16-25/h2-3,5-6,8-10,12,16,20H,4,7,11,13-15H2,1H3,(H,24,27). The molecule has 1 atom stereocenters. The summed E-state index contributed by atoms with van der Waals surface area (Å²) in [7, 11) is -3.55. The number of hydrogen-bond acceptors (Lipinski definition) is 5. The second-order valence-corrected chi connectivity index (χ2v) is 11.2. The molecule has 3 heterocycles. The molecule has 0 saturated carbocycles. The minimum absolute atomic E-state index is 0.0975. The molecule has 1 unspecified atom stereocenters. The van der Waals surface area contributed by atoms with Gasteiger partial charge in [-0.2, -0.15) is 4.31 Å². The first-order valence-corrected chi connectivity index (χ1v) is 12.6. The van der Waals surface area contributed by atoms with E-state index in [0.717, 1.165) is 16.0 Å². The van der Waals surface area contributed by atoms with Crippen molar-refractivity contribution in [2.75, 3.05) is 13.1 Å². The molecule has 2 aromatic heterocycles. The molecule has 1 aliphatic heterocycles. The molecule has 1 aromatic carbocycles. The van der Waals surface area contributed by atoms with Gasteiger partial charge in [-0.05, 0) is 43.0 Å². The predicted molar refractivity (Wildman–Crippen MR) is 120 cm³/mol. The molecular formula is C22H26N4O3S2. The zero-order valence-electron chi connectivity index (χ0n) is 17.4. The van der Waals surface area contributed by atoms with Gasteiger partial charge in [0.25, 0.3) is 10.0 Å². The topological polar surface area (TPSA) is 84.3 Å². The monoisotopic (exact) mass is 458 g/mol. The van der Waals surface area contributed by atoms with Gasteiger partial charge >= 0.3 is 0 Å². The van der Waals surface area contributed by atoms with Crippen LogP contribution in [0.15, 0.2) is 59.3 Å². The van der Waals surface area contributed by atoms with Crippen molar-refractivity contribution < 1.29 is 13.2 Å². The Hall–Kier alpha value is -2.49. The predicted octanol–water partition coefficient (Wildman–Crippen LogP) is 3.02. The van der Waals surface area contributed by atoms with Gasteiger partial charge in [-0.25, -0.2) is 13.4 Å². The molecule has 1 N–H and O–H groups in total. The molecule has 3 aromatic rings. The van der Waals surface area contributed by atoms with Crippen LogP contribution in [0.25, 0.3) is 0 Å². The summed E-state index contributed by atoms with van der Waals surface area (Å²) in [5.74, 6) is -0.440. The number of aryl methyl sites for hydroxylation is 1. The van der Waals surface area contributed by atoms with Gasteiger partial charge in [0, 0.05) is 43.4 Å². The molecule has 0 bridgehead atoms. The number of hydrogen-bond donors (Lipinski definition) is 1. The number of piperidine rings is 1. The van der Waals surface area contributed by atoms with E-state index in [-0.39, 0.29) is 18.4 Å². The molecular weight excluding hydrogens is 432 g/mol. The Balaban J connectivity index is 1.39. The fourth-order valence-corrected chi connectivity index (χ4v) is 6.80. The molecule has 7 nitrogen and oxygen atoms in total. The molecule has 9 heteroatoms. The van der Waals surface area contributed by atoms with Crippen molar-refractivity contribution in [2.45, 2.75) is 37.1 Å². The molecule has 1 saturated heterocycles. The van der Waals surface area contributed by atoms with Gasteiger partial charge < -0.3 is 9.88 Å². The molecule has 1 aliphatic rings. The third kappa shape index (κ3) is 5.06. The van der Waals surface area contributed by atoms with E-state index in [0.29, 0.717) is 36.7 Å². The maximum absolute atomic E-state index is 12.9. The normalized spacial score (nSPS) is 17.5. The van der Waals surface area contributed by atoms with Crippen molar-refractivity contribution in [2.24, 2.45) is 5.92 Å². The Morgan fingerprint density at radius 3 is 2.74 bits per heavy atom. The van der Waals surface area contributed by atoms with Crippen molar-refractivity contribution in [3.05, 3.63) is 71.1 Å². The van der Waals surface area contributed by atoms with E-state index in [1.54, 1.807) is 18.6 Å². The van der Waals surface area contributed by atoms with Crippen molar-refractivity contribution in [3.63, 3.8) is 0 Å². The molecule has 0 aliphatic carbocycles. The van der Waals surface area contributed by atoms with Crippen LogP contribution in [0.2, 0.25) is 0 Å². The Morgan fingerprint density at radius 2 is 2.03 bits per heavy atom. The summed E-state index contributed by atoms with van der Waals surface area (Å²) in [6.45, 7) is 3.66. The van der Waals surface area contributed by atoms with E-state index < -0.39 is 10.0 Å². The van der Waals surface area contributed by atoms with Gasteiger partial charge in [0.2, 0.25) is 5.91 Å². The minimum atomic E-state index is -3.55. The van der Waals surface area contributed by atoms with Crippen LogP contribution in [0.1, 0.15) is 28.8 Å². The Kier molecular flexibility index (Phi) is 6.54. The fourth-order valence-electron chi connectivity index (χ4n) is 3.84. The molecule has 164 valence electrons. The van der Waals surface area contributed by atoms with Crippen LogP contribution in [0.4, 0.5) is 0 Å². The molecule has 1 amide bonds. The first-order valence-electron chi connectivity index (χ1n) is 10.3. The number of carbonyl (C=O) groups excluding carboxylic acids is 1. The van der Waals surface area contributed by atoms with Crippen LogP contribution in [0.3, 0.4) is 0 Å². The lowest BCUT2D eigenvalue weighted by molar-refractivity contribution is -0.126. The smallest absolute Gasteiger partial charge is 0.252 e. The zero-order chi connectivity index (χ0) is 21.8. The Morgan fingerprint density at radius 1 is 1.23 bits per heavy atom. The number of nitrogens with one attached hydrogen (secondary N) is 1. The number of nitrogens with zero attached hydrogens (tertiary/aromatic N) is 3. The maximum atomic E-state index is 12.9. The number of sulfonamides is 1. The molecule has 0 radical (unpaired) electrons. The second kappa shape index (κ2) is 9.33. The Labute approximate surface area is 186 Å². The van der Waals surface area contributed by atoms with E-state index in [4.69, 9.17) is 0 Å². The highest BCUT2D eigenvalue weighted by molar-refractivity contribution is 7.91. The number of aromatic nitrogens is 2. The van der Waals surface area contributed by atoms with Gasteiger partial charge in [0.1, 0.15) is 4.21 Å². The average Bonchev–Trinajstić information content (AvgIpc) is 3.45. The van der Waals surface area contributed by atoms with Gasteiger partial charge in [0.15, 0.2) is 0 Å². The molecule has 1 fully saturated rings. The van der Waals surface area contributed by atoms with Crippen molar-refractivity contribution >= 4 is 27.3 Å². The van der Waals surface area contributed by atoms with Crippen LogP contribution in [0.5, 0.6) is 0 Å². The van der Waals surface area contributed by atoms with E-state index in [9.17, 15) is 13.2 Å². The highest BCUT2D eigenvalue weighted by Crippen LogP contribution is 2.28. The summed E-state index contributed by atoms with van der Waals surface area (Å²) in [6, 6.07) is 11.4. The van der Waals surface area contributed by atoms with Crippen LogP contribution >= 0.6 is 11.3 Å². The van der Waals surface area contributed by atoms with Crippen LogP contribution in [-0.2, 0) is 27.9 Å². The highest BCUT2D eigenvalue weighted by atomic mass is 32.2. The lowest BCUT2D eigenvalue weighted by atomic mass is 9.98. The highest BCUT2D eigenvalue weighted by Gasteiger charge is 2.33. The number of amides is 1. The van der Waals surface area contributed by atoms with Crippen LogP contribution in [-0.4, -0.2) is 41.3 Å². The lowest BCUT2D eigenvalue weighted by Gasteiger charge is -2.30. The zero-order valence-corrected chi connectivity index (χ0v) is 19.0. The van der Waals surface area contributed by atoms with E-state index >= 15 is 0 Å². The van der Waals surface area contributed by atoms with E-state index in [2.05, 4.69) is 10.3 Å². The summed E-state index contributed by atoms with van der Waals surface area (Å²) in [4.78, 5) is 17.9. The Bertz CT molecular complexity index is 1140. The van der Waals surface area contributed by atoms with Crippen molar-refractivity contribution in [1.82, 2.24) is 19.2 Å². The van der Waals surface area contributed by atoms with Crippen LogP contribution in [0, 0.1) is 12.8 Å². The van der Waals surface area contributed by atoms with Crippen LogP contribution < -0.4 is 5.32 Å². The number of thiophene rings is 1. The first kappa shape index (κ1) is 21.7. The minimum Gasteiger partial charge on any atom is -0.352 e. The van der Waals surface area contributed by atoms with E-state index in [1.807, 2.05) is 48.0 Å². The van der Waals surface area contributed by atoms with Gasteiger partial charge in [-0.3, -0.25) is 4.79 Å². The quantitative estimate of drug-likeness (QED) is 0.590. The summed E-state index contributed by atoms with van der Waals surface area (Å²) < 4.78 is 29.7.